The van der Waals surface area contributed by atoms with E-state index < -0.39 is 0 Å². The molecule has 0 aromatic heterocycles. The number of hydrogen-bond acceptors (Lipinski definition) is 3. The van der Waals surface area contributed by atoms with Gasteiger partial charge in [0.1, 0.15) is 5.75 Å². The molecule has 3 N–H and O–H groups in total. The normalized spacial score (nSPS) is 22.7. The molecule has 0 saturated carbocycles. The van der Waals surface area contributed by atoms with Crippen molar-refractivity contribution in [2.75, 3.05) is 10.6 Å². The molecular formula is C21H20Cl2N2O2. The second-order valence-corrected chi connectivity index (χ2v) is 7.85. The smallest absolute Gasteiger partial charge is 0.224 e. The zero-order valence-corrected chi connectivity index (χ0v) is 16.3. The van der Waals surface area contributed by atoms with Gasteiger partial charge in [0.2, 0.25) is 5.91 Å². The largest absolute Gasteiger partial charge is 0.506 e. The summed E-state index contributed by atoms with van der Waals surface area (Å²) in [6.45, 7) is 1.83. The van der Waals surface area contributed by atoms with Crippen molar-refractivity contribution in [2.24, 2.45) is 5.92 Å². The Kier molecular flexibility index (Phi) is 4.79. The van der Waals surface area contributed by atoms with Crippen LogP contribution in [0.15, 0.2) is 42.5 Å². The fraction of sp³-hybridized carbons (Fsp3) is 0.286. The molecule has 2 aliphatic rings. The molecule has 0 radical (unpaired) electrons. The van der Waals surface area contributed by atoms with E-state index in [4.69, 9.17) is 23.2 Å². The second-order valence-electron chi connectivity index (χ2n) is 7.00. The third-order valence-electron chi connectivity index (χ3n) is 5.36. The summed E-state index contributed by atoms with van der Waals surface area (Å²) in [5, 5.41) is 17.7. The summed E-state index contributed by atoms with van der Waals surface area (Å²) in [5.41, 5.74) is 3.64. The van der Waals surface area contributed by atoms with Crippen molar-refractivity contribution in [1.82, 2.24) is 0 Å². The molecule has 1 aliphatic carbocycles. The van der Waals surface area contributed by atoms with E-state index in [1.54, 1.807) is 12.1 Å². The molecule has 4 rings (SSSR count). The van der Waals surface area contributed by atoms with E-state index in [1.807, 2.05) is 25.1 Å². The van der Waals surface area contributed by atoms with Crippen molar-refractivity contribution < 1.29 is 9.90 Å². The maximum Gasteiger partial charge on any atom is 0.224 e. The third-order valence-corrected chi connectivity index (χ3v) is 5.87. The molecule has 0 fully saturated rings. The minimum Gasteiger partial charge on any atom is -0.506 e. The van der Waals surface area contributed by atoms with Gasteiger partial charge in [-0.05, 0) is 48.2 Å². The van der Waals surface area contributed by atoms with E-state index in [0.717, 1.165) is 23.4 Å². The van der Waals surface area contributed by atoms with Gasteiger partial charge in [-0.25, -0.2) is 0 Å². The Labute approximate surface area is 168 Å². The standard InChI is InChI=1S/C21H20Cl2N2O2/c1-2-19(26)24-12-6-7-18-15(10-12)13-4-3-5-14(13)20(25-18)16-8-11(22)9-17(23)21(16)27/h3-4,6-10,13-14,20,25,27H,2,5H2,1H3,(H,24,26). The van der Waals surface area contributed by atoms with Crippen LogP contribution in [-0.2, 0) is 4.79 Å². The first-order valence-electron chi connectivity index (χ1n) is 9.02. The van der Waals surface area contributed by atoms with Gasteiger partial charge in [-0.2, -0.15) is 0 Å². The zero-order chi connectivity index (χ0) is 19.1. The number of carbonyl (C=O) groups is 1. The summed E-state index contributed by atoms with van der Waals surface area (Å²) >= 11 is 12.3. The average Bonchev–Trinajstić information content (AvgIpc) is 3.14. The highest BCUT2D eigenvalue weighted by Gasteiger charge is 2.39. The van der Waals surface area contributed by atoms with Gasteiger partial charge >= 0.3 is 0 Å². The third kappa shape index (κ3) is 3.28. The lowest BCUT2D eigenvalue weighted by atomic mass is 9.76. The summed E-state index contributed by atoms with van der Waals surface area (Å²) < 4.78 is 0. The Hall–Kier alpha value is -2.17. The van der Waals surface area contributed by atoms with Crippen LogP contribution in [0, 0.1) is 5.92 Å². The number of halogens is 2. The van der Waals surface area contributed by atoms with Crippen LogP contribution in [0.4, 0.5) is 11.4 Å². The number of carbonyl (C=O) groups excluding carboxylic acids is 1. The summed E-state index contributed by atoms with van der Waals surface area (Å²) in [6, 6.07) is 9.11. The van der Waals surface area contributed by atoms with Gasteiger partial charge in [-0.1, -0.05) is 42.3 Å². The lowest BCUT2D eigenvalue weighted by molar-refractivity contribution is -0.115. The molecule has 1 aliphatic heterocycles. The molecule has 0 spiro atoms. The van der Waals surface area contributed by atoms with Crippen LogP contribution < -0.4 is 10.6 Å². The molecular weight excluding hydrogens is 383 g/mol. The van der Waals surface area contributed by atoms with Gasteiger partial charge in [0, 0.05) is 34.3 Å². The maximum atomic E-state index is 11.7. The van der Waals surface area contributed by atoms with Crippen molar-refractivity contribution >= 4 is 40.5 Å². The molecule has 1 heterocycles. The predicted octanol–water partition coefficient (Wildman–Crippen LogP) is 5.87. The van der Waals surface area contributed by atoms with E-state index in [9.17, 15) is 9.90 Å². The number of nitrogens with one attached hydrogen (secondary N) is 2. The van der Waals surface area contributed by atoms with E-state index in [2.05, 4.69) is 22.8 Å². The van der Waals surface area contributed by atoms with Gasteiger partial charge in [-0.3, -0.25) is 4.79 Å². The van der Waals surface area contributed by atoms with Crippen molar-refractivity contribution in [3.8, 4) is 5.75 Å². The van der Waals surface area contributed by atoms with E-state index in [0.29, 0.717) is 17.0 Å². The summed E-state index contributed by atoms with van der Waals surface area (Å²) in [5.74, 6) is 0.491. The number of anilines is 2. The summed E-state index contributed by atoms with van der Waals surface area (Å²) in [6.07, 6.45) is 5.70. The Bertz CT molecular complexity index is 942. The van der Waals surface area contributed by atoms with Crippen LogP contribution in [0.2, 0.25) is 10.0 Å². The van der Waals surface area contributed by atoms with Crippen molar-refractivity contribution in [2.45, 2.75) is 31.7 Å². The fourth-order valence-electron chi connectivity index (χ4n) is 4.05. The van der Waals surface area contributed by atoms with Crippen LogP contribution in [-0.4, -0.2) is 11.0 Å². The Balaban J connectivity index is 1.74. The zero-order valence-electron chi connectivity index (χ0n) is 14.8. The van der Waals surface area contributed by atoms with Gasteiger partial charge in [-0.15, -0.1) is 0 Å². The molecule has 2 aromatic rings. The van der Waals surface area contributed by atoms with Crippen molar-refractivity contribution in [3.05, 3.63) is 63.7 Å². The first-order valence-corrected chi connectivity index (χ1v) is 9.78. The molecule has 6 heteroatoms. The summed E-state index contributed by atoms with van der Waals surface area (Å²) in [7, 11) is 0. The number of fused-ring (bicyclic) bond motifs is 3. The molecule has 3 unspecified atom stereocenters. The highest BCUT2D eigenvalue weighted by Crippen LogP contribution is 2.52. The number of amides is 1. The Morgan fingerprint density at radius 1 is 1.26 bits per heavy atom. The molecule has 27 heavy (non-hydrogen) atoms. The van der Waals surface area contributed by atoms with Crippen LogP contribution in [0.3, 0.4) is 0 Å². The van der Waals surface area contributed by atoms with Crippen LogP contribution in [0.1, 0.15) is 42.9 Å². The van der Waals surface area contributed by atoms with Gasteiger partial charge < -0.3 is 15.7 Å². The minimum absolute atomic E-state index is 0.00593. The second kappa shape index (κ2) is 7.10. The number of benzene rings is 2. The SMILES string of the molecule is CCC(=O)Nc1ccc2c(c1)C1C=CCC1C(c1cc(Cl)cc(Cl)c1O)N2. The Morgan fingerprint density at radius 2 is 2.07 bits per heavy atom. The Morgan fingerprint density at radius 3 is 2.85 bits per heavy atom. The number of phenolic OH excluding ortho intramolecular Hbond substituents is 1. The average molecular weight is 403 g/mol. The van der Waals surface area contributed by atoms with Gasteiger partial charge in [0.05, 0.1) is 11.1 Å². The lowest BCUT2D eigenvalue weighted by Crippen LogP contribution is -2.29. The summed E-state index contributed by atoms with van der Waals surface area (Å²) in [4.78, 5) is 11.7. The fourth-order valence-corrected chi connectivity index (χ4v) is 4.56. The molecule has 1 amide bonds. The van der Waals surface area contributed by atoms with E-state index in [-0.39, 0.29) is 34.6 Å². The van der Waals surface area contributed by atoms with Crippen LogP contribution in [0.5, 0.6) is 5.75 Å². The number of rotatable bonds is 3. The molecule has 0 bridgehead atoms. The molecule has 2 aromatic carbocycles. The van der Waals surface area contributed by atoms with Gasteiger partial charge in [0.25, 0.3) is 0 Å². The van der Waals surface area contributed by atoms with Crippen LogP contribution >= 0.6 is 23.2 Å². The number of allylic oxidation sites excluding steroid dienone is 2. The quantitative estimate of drug-likeness (QED) is 0.562. The minimum atomic E-state index is -0.107. The highest BCUT2D eigenvalue weighted by atomic mass is 35.5. The van der Waals surface area contributed by atoms with Gasteiger partial charge in [0.15, 0.2) is 0 Å². The van der Waals surface area contributed by atoms with E-state index >= 15 is 0 Å². The molecule has 140 valence electrons. The number of aromatic hydroxyl groups is 1. The molecule has 3 atom stereocenters. The number of hydrogen-bond donors (Lipinski definition) is 3. The lowest BCUT2D eigenvalue weighted by Gasteiger charge is -2.38. The topological polar surface area (TPSA) is 61.4 Å². The predicted molar refractivity (Wildman–Crippen MR) is 110 cm³/mol. The monoisotopic (exact) mass is 402 g/mol. The van der Waals surface area contributed by atoms with E-state index in [1.165, 1.54) is 0 Å². The molecule has 4 nitrogen and oxygen atoms in total. The van der Waals surface area contributed by atoms with Crippen molar-refractivity contribution in [3.63, 3.8) is 0 Å². The first-order chi connectivity index (χ1) is 13.0. The first kappa shape index (κ1) is 18.2. The van der Waals surface area contributed by atoms with Crippen LogP contribution in [0.25, 0.3) is 0 Å². The maximum absolute atomic E-state index is 11.7. The number of phenols is 1. The van der Waals surface area contributed by atoms with Crippen molar-refractivity contribution in [1.29, 1.82) is 0 Å². The molecule has 0 saturated heterocycles. The highest BCUT2D eigenvalue weighted by molar-refractivity contribution is 6.35.